The van der Waals surface area contributed by atoms with Crippen LogP contribution in [0.2, 0.25) is 0 Å². The van der Waals surface area contributed by atoms with Crippen molar-refractivity contribution < 1.29 is 0 Å². The van der Waals surface area contributed by atoms with Gasteiger partial charge in [-0.25, -0.2) is 9.97 Å². The van der Waals surface area contributed by atoms with E-state index in [4.69, 9.17) is 5.41 Å². The van der Waals surface area contributed by atoms with Crippen LogP contribution in [0, 0.1) is 11.3 Å². The molecule has 5 nitrogen and oxygen atoms in total. The Balaban J connectivity index is 1.92. The van der Waals surface area contributed by atoms with E-state index in [1.807, 2.05) is 0 Å². The topological polar surface area (TPSA) is 70.3 Å². The van der Waals surface area contributed by atoms with Crippen LogP contribution in [0.25, 0.3) is 11.2 Å². The van der Waals surface area contributed by atoms with E-state index in [0.29, 0.717) is 0 Å². The molecular weight excluding hydrogens is 214 g/mol. The van der Waals surface area contributed by atoms with Crippen LogP contribution in [0.3, 0.4) is 0 Å². The fourth-order valence-electron chi connectivity index (χ4n) is 2.71. The van der Waals surface area contributed by atoms with Crippen LogP contribution in [-0.2, 0) is 6.54 Å². The molecule has 1 aliphatic rings. The second-order valence-corrected chi connectivity index (χ2v) is 4.85. The monoisotopic (exact) mass is 231 g/mol. The van der Waals surface area contributed by atoms with E-state index in [9.17, 15) is 0 Å². The molecule has 0 spiro atoms. The molecule has 17 heavy (non-hydrogen) atoms. The highest BCUT2D eigenvalue weighted by molar-refractivity contribution is 5.68. The van der Waals surface area contributed by atoms with Gasteiger partial charge < -0.3 is 9.55 Å². The minimum Gasteiger partial charge on any atom is -0.340 e. The summed E-state index contributed by atoms with van der Waals surface area (Å²) in [6, 6.07) is 0. The molecule has 0 bridgehead atoms. The predicted molar refractivity (Wildman–Crippen MR) is 64.3 cm³/mol. The van der Waals surface area contributed by atoms with Gasteiger partial charge in [-0.15, -0.1) is 0 Å². The number of hydrogen-bond acceptors (Lipinski definition) is 3. The van der Waals surface area contributed by atoms with Gasteiger partial charge in [0.15, 0.2) is 11.1 Å². The van der Waals surface area contributed by atoms with Crippen molar-refractivity contribution in [2.75, 3.05) is 0 Å². The molecule has 0 atom stereocenters. The molecule has 2 aromatic heterocycles. The summed E-state index contributed by atoms with van der Waals surface area (Å²) in [5, 5.41) is 7.70. The van der Waals surface area contributed by atoms with Gasteiger partial charge in [-0.2, -0.15) is 0 Å². The van der Waals surface area contributed by atoms with Crippen LogP contribution >= 0.6 is 0 Å². The Bertz CT molecular complexity index is 562. The average molecular weight is 231 g/mol. The van der Waals surface area contributed by atoms with Gasteiger partial charge in [0.1, 0.15) is 5.52 Å². The zero-order valence-electron chi connectivity index (χ0n) is 9.82. The fourth-order valence-corrected chi connectivity index (χ4v) is 2.71. The molecule has 1 saturated carbocycles. The summed E-state index contributed by atoms with van der Waals surface area (Å²) in [6.07, 6.45) is 10.1. The van der Waals surface area contributed by atoms with Crippen LogP contribution < -0.4 is 5.49 Å². The van der Waals surface area contributed by atoms with Crippen LogP contribution in [0.4, 0.5) is 0 Å². The lowest BCUT2D eigenvalue weighted by Crippen LogP contribution is -2.18. The highest BCUT2D eigenvalue weighted by Crippen LogP contribution is 2.25. The zero-order chi connectivity index (χ0) is 11.7. The van der Waals surface area contributed by atoms with E-state index in [-0.39, 0.29) is 5.49 Å². The summed E-state index contributed by atoms with van der Waals surface area (Å²) >= 11 is 0. The van der Waals surface area contributed by atoms with E-state index in [1.54, 1.807) is 12.7 Å². The number of nitrogens with one attached hydrogen (secondary N) is 2. The maximum atomic E-state index is 7.70. The van der Waals surface area contributed by atoms with Crippen molar-refractivity contribution in [3.05, 3.63) is 18.1 Å². The SMILES string of the molecule is N=c1ncn(CC2CCCCC2)c2nc[nH]c12. The quantitative estimate of drug-likeness (QED) is 0.827. The van der Waals surface area contributed by atoms with Crippen molar-refractivity contribution in [3.63, 3.8) is 0 Å². The number of rotatable bonds is 2. The Morgan fingerprint density at radius 3 is 2.94 bits per heavy atom. The molecule has 2 aromatic rings. The molecule has 0 aromatic carbocycles. The molecule has 1 fully saturated rings. The minimum atomic E-state index is 0.275. The van der Waals surface area contributed by atoms with Gasteiger partial charge in [-0.1, -0.05) is 19.3 Å². The van der Waals surface area contributed by atoms with Crippen molar-refractivity contribution >= 4 is 11.2 Å². The van der Waals surface area contributed by atoms with E-state index in [2.05, 4.69) is 19.5 Å². The van der Waals surface area contributed by atoms with Gasteiger partial charge in [0.05, 0.1) is 12.7 Å². The van der Waals surface area contributed by atoms with Gasteiger partial charge in [-0.05, 0) is 18.8 Å². The van der Waals surface area contributed by atoms with E-state index >= 15 is 0 Å². The Morgan fingerprint density at radius 1 is 1.29 bits per heavy atom. The summed E-state index contributed by atoms with van der Waals surface area (Å²) < 4.78 is 2.08. The summed E-state index contributed by atoms with van der Waals surface area (Å²) in [5.74, 6) is 0.743. The molecule has 3 rings (SSSR count). The summed E-state index contributed by atoms with van der Waals surface area (Å²) in [5.41, 5.74) is 1.87. The molecular formula is C12H17N5. The number of hydrogen-bond donors (Lipinski definition) is 2. The summed E-state index contributed by atoms with van der Waals surface area (Å²) in [4.78, 5) is 11.4. The Morgan fingerprint density at radius 2 is 2.12 bits per heavy atom. The molecule has 2 N–H and O–H groups in total. The Hall–Kier alpha value is -1.65. The Labute approximate surface area is 99.4 Å². The highest BCUT2D eigenvalue weighted by Gasteiger charge is 2.15. The summed E-state index contributed by atoms with van der Waals surface area (Å²) in [7, 11) is 0. The maximum absolute atomic E-state index is 7.70. The van der Waals surface area contributed by atoms with Crippen molar-refractivity contribution in [2.24, 2.45) is 5.92 Å². The first kappa shape index (κ1) is 10.5. The average Bonchev–Trinajstić information content (AvgIpc) is 2.84. The van der Waals surface area contributed by atoms with Gasteiger partial charge in [0.2, 0.25) is 0 Å². The molecule has 0 saturated heterocycles. The first-order valence-electron chi connectivity index (χ1n) is 6.28. The minimum absolute atomic E-state index is 0.275. The fraction of sp³-hybridized carbons (Fsp3) is 0.583. The normalized spacial score (nSPS) is 17.6. The number of fused-ring (bicyclic) bond motifs is 1. The molecule has 2 heterocycles. The van der Waals surface area contributed by atoms with Gasteiger partial charge in [0.25, 0.3) is 0 Å². The molecule has 0 radical (unpaired) electrons. The predicted octanol–water partition coefficient (Wildman–Crippen LogP) is 1.82. The standard InChI is InChI=1S/C12H17N5/c13-11-10-12(15-7-14-10)17(8-16-11)6-9-4-2-1-3-5-9/h7-9,13H,1-6H2,(H,14,15). The number of imidazole rings is 1. The molecule has 90 valence electrons. The van der Waals surface area contributed by atoms with Crippen LogP contribution in [0.15, 0.2) is 12.7 Å². The molecule has 0 unspecified atom stereocenters. The van der Waals surface area contributed by atoms with Crippen LogP contribution in [0.5, 0.6) is 0 Å². The lowest BCUT2D eigenvalue weighted by atomic mass is 9.89. The maximum Gasteiger partial charge on any atom is 0.173 e. The molecule has 1 aliphatic carbocycles. The number of H-pyrrole nitrogens is 1. The third-order valence-corrected chi connectivity index (χ3v) is 3.63. The second kappa shape index (κ2) is 4.31. The molecule has 0 amide bonds. The summed E-state index contributed by atoms with van der Waals surface area (Å²) in [6.45, 7) is 0.981. The van der Waals surface area contributed by atoms with Crippen molar-refractivity contribution in [2.45, 2.75) is 38.6 Å². The van der Waals surface area contributed by atoms with Gasteiger partial charge in [-0.3, -0.25) is 5.41 Å². The van der Waals surface area contributed by atoms with Crippen LogP contribution in [-0.4, -0.2) is 19.5 Å². The Kier molecular flexibility index (Phi) is 2.66. The van der Waals surface area contributed by atoms with Gasteiger partial charge >= 0.3 is 0 Å². The van der Waals surface area contributed by atoms with E-state index < -0.39 is 0 Å². The zero-order valence-corrected chi connectivity index (χ0v) is 9.82. The van der Waals surface area contributed by atoms with Gasteiger partial charge in [0, 0.05) is 6.54 Å². The molecule has 5 heteroatoms. The third kappa shape index (κ3) is 1.97. The first-order chi connectivity index (χ1) is 8.34. The van der Waals surface area contributed by atoms with Crippen molar-refractivity contribution in [1.82, 2.24) is 19.5 Å². The smallest absolute Gasteiger partial charge is 0.173 e. The highest BCUT2D eigenvalue weighted by atomic mass is 15.1. The van der Waals surface area contributed by atoms with E-state index in [0.717, 1.165) is 23.6 Å². The molecule has 0 aliphatic heterocycles. The number of aromatic amines is 1. The van der Waals surface area contributed by atoms with Crippen molar-refractivity contribution in [1.29, 1.82) is 5.41 Å². The second-order valence-electron chi connectivity index (χ2n) is 4.85. The largest absolute Gasteiger partial charge is 0.340 e. The number of aromatic nitrogens is 4. The van der Waals surface area contributed by atoms with Crippen LogP contribution in [0.1, 0.15) is 32.1 Å². The first-order valence-corrected chi connectivity index (χ1v) is 6.28. The van der Waals surface area contributed by atoms with Crippen molar-refractivity contribution in [3.8, 4) is 0 Å². The van der Waals surface area contributed by atoms with E-state index in [1.165, 1.54) is 32.1 Å². The number of nitrogens with zero attached hydrogens (tertiary/aromatic N) is 3. The lowest BCUT2D eigenvalue weighted by Gasteiger charge is -2.22. The third-order valence-electron chi connectivity index (χ3n) is 3.63. The lowest BCUT2D eigenvalue weighted by molar-refractivity contribution is 0.320.